The Kier molecular flexibility index (Phi) is 19.4. The van der Waals surface area contributed by atoms with Gasteiger partial charge in [-0.15, -0.1) is 0 Å². The molecule has 8 heavy (non-hydrogen) atoms. The second-order valence-corrected chi connectivity index (χ2v) is 1.22. The van der Waals surface area contributed by atoms with Crippen LogP contribution in [-0.2, 0) is 27.0 Å². The maximum absolute atomic E-state index is 8.52. The molecule has 0 aliphatic rings. The second-order valence-electron chi connectivity index (χ2n) is 0.408. The maximum atomic E-state index is 8.52. The van der Waals surface area contributed by atoms with Crippen LogP contribution in [0.1, 0.15) is 0 Å². The van der Waals surface area contributed by atoms with E-state index in [1.165, 1.54) is 0 Å². The molecule has 0 heterocycles. The first-order valence-electron chi connectivity index (χ1n) is 0.955. The molecule has 0 aromatic heterocycles. The van der Waals surface area contributed by atoms with Gasteiger partial charge in [0.15, 0.2) is 0 Å². The Morgan fingerprint density at radius 2 is 1.25 bits per heavy atom. The summed E-state index contributed by atoms with van der Waals surface area (Å²) in [5, 5.41) is 0. The van der Waals surface area contributed by atoms with Crippen LogP contribution in [0.15, 0.2) is 0 Å². The van der Waals surface area contributed by atoms with Crippen molar-refractivity contribution in [2.24, 2.45) is 0 Å². The van der Waals surface area contributed by atoms with Crippen LogP contribution in [-0.4, -0.2) is 66.4 Å². The van der Waals surface area contributed by atoms with Crippen LogP contribution < -0.4 is 0 Å². The molecule has 0 unspecified atom stereocenters. The molecule has 8 heteroatoms. The summed E-state index contributed by atoms with van der Waals surface area (Å²) >= 11 is 0.958. The van der Waals surface area contributed by atoms with Gasteiger partial charge in [-0.25, -0.2) is 0 Å². The zero-order valence-corrected chi connectivity index (χ0v) is 12.9. The molecule has 0 saturated heterocycles. The van der Waals surface area contributed by atoms with Gasteiger partial charge in [-0.1, -0.05) is 0 Å². The summed E-state index contributed by atoms with van der Waals surface area (Å²) in [4.78, 5) is 0. The van der Waals surface area contributed by atoms with Crippen LogP contribution in [0.4, 0.5) is 0 Å². The van der Waals surface area contributed by atoms with Crippen molar-refractivity contribution in [2.75, 3.05) is 0 Å². The van der Waals surface area contributed by atoms with Crippen molar-refractivity contribution in [1.82, 2.24) is 0 Å². The summed E-state index contributed by atoms with van der Waals surface area (Å²) in [5.41, 5.74) is 0. The zero-order valence-electron chi connectivity index (χ0n) is 3.86. The molecule has 0 rings (SSSR count). The van der Waals surface area contributed by atoms with Crippen LogP contribution in [0, 0.1) is 0 Å². The molecule has 0 aliphatic carbocycles. The molecule has 0 bridgehead atoms. The van der Waals surface area contributed by atoms with Crippen molar-refractivity contribution >= 4 is 69.4 Å². The normalized spacial score (nSPS) is 8.00. The van der Waals surface area contributed by atoms with Gasteiger partial charge in [-0.3, -0.25) is 8.42 Å². The van der Waals surface area contributed by atoms with E-state index < -0.39 is 10.4 Å². The average molecular weight is 331 g/mol. The molecule has 0 spiro atoms. The van der Waals surface area contributed by atoms with Gasteiger partial charge < -0.3 is 9.11 Å². The fourth-order valence-corrected chi connectivity index (χ4v) is 0. The molecule has 0 radical (unpaired) electrons. The van der Waals surface area contributed by atoms with Gasteiger partial charge >= 0.3 is 75.6 Å². The van der Waals surface area contributed by atoms with Crippen LogP contribution in [0.25, 0.3) is 0 Å². The Morgan fingerprint density at radius 3 is 1.25 bits per heavy atom. The number of rotatable bonds is 0. The summed E-state index contributed by atoms with van der Waals surface area (Å²) in [6.45, 7) is 0. The second kappa shape index (κ2) is 9.28. The van der Waals surface area contributed by atoms with Crippen LogP contribution in [0.3, 0.4) is 0 Å². The Hall–Kier alpha value is 2.28. The van der Waals surface area contributed by atoms with E-state index in [1.54, 1.807) is 0 Å². The fourth-order valence-electron chi connectivity index (χ4n) is 0. The first-order valence-corrected chi connectivity index (χ1v) is 6.50. The minimum atomic E-state index is -5.17. The van der Waals surface area contributed by atoms with Crippen molar-refractivity contribution in [2.45, 2.75) is 0 Å². The van der Waals surface area contributed by atoms with Gasteiger partial charge in [-0.05, 0) is 0 Å². The third-order valence-electron chi connectivity index (χ3n) is 0. The Balaban J connectivity index is -0.0000000750. The summed E-state index contributed by atoms with van der Waals surface area (Å²) in [6.07, 6.45) is 0. The van der Waals surface area contributed by atoms with Crippen molar-refractivity contribution in [3.8, 4) is 0 Å². The van der Waals surface area contributed by atoms with E-state index in [-0.39, 0.29) is 48.9 Å². The van der Waals surface area contributed by atoms with E-state index in [4.69, 9.17) is 17.5 Å². The standard InChI is InChI=1S/Ba.H2O4S.S.Zn/c;1-5(2,3)4;;/h;(H2,1,2,3,4);;/q+2;;;/p-2. The topological polar surface area (TPSA) is 80.3 Å². The predicted octanol–water partition coefficient (Wildman–Crippen LogP) is -1.07. The van der Waals surface area contributed by atoms with Gasteiger partial charge in [0.1, 0.15) is 0 Å². The molecule has 0 amide bonds. The van der Waals surface area contributed by atoms with E-state index in [2.05, 4.69) is 10.1 Å². The number of hydrogen-bond donors (Lipinski definition) is 0. The molecule has 0 aliphatic heterocycles. The van der Waals surface area contributed by atoms with Crippen LogP contribution in [0.2, 0.25) is 0 Å². The van der Waals surface area contributed by atoms with Crippen molar-refractivity contribution in [3.05, 3.63) is 0 Å². The summed E-state index contributed by atoms with van der Waals surface area (Å²) in [5.74, 6) is 0. The van der Waals surface area contributed by atoms with Gasteiger partial charge in [0, 0.05) is 10.4 Å². The molecule has 4 nitrogen and oxygen atoms in total. The van der Waals surface area contributed by atoms with Crippen molar-refractivity contribution in [3.63, 3.8) is 0 Å². The molecular formula is BaO4S2Zn. The first kappa shape index (κ1) is 16.7. The predicted molar refractivity (Wildman–Crippen MR) is 23.8 cm³/mol. The van der Waals surface area contributed by atoms with Gasteiger partial charge in [0.2, 0.25) is 0 Å². The van der Waals surface area contributed by atoms with E-state index in [9.17, 15) is 0 Å². The summed E-state index contributed by atoms with van der Waals surface area (Å²) in [6, 6.07) is 0. The summed E-state index contributed by atoms with van der Waals surface area (Å²) < 4.78 is 34.1. The molecule has 0 aromatic rings. The van der Waals surface area contributed by atoms with Crippen LogP contribution >= 0.6 is 10.1 Å². The van der Waals surface area contributed by atoms with Gasteiger partial charge in [-0.2, -0.15) is 0 Å². The number of hydrogen-bond acceptors (Lipinski definition) is 5. The Labute approximate surface area is 101 Å². The van der Waals surface area contributed by atoms with Crippen molar-refractivity contribution in [1.29, 1.82) is 0 Å². The third-order valence-corrected chi connectivity index (χ3v) is 0. The van der Waals surface area contributed by atoms with E-state index in [1.807, 2.05) is 0 Å². The summed E-state index contributed by atoms with van der Waals surface area (Å²) in [7, 11) is -0.958. The van der Waals surface area contributed by atoms with E-state index >= 15 is 0 Å². The van der Waals surface area contributed by atoms with Crippen molar-refractivity contribution < 1.29 is 34.1 Å². The molecular weight excluding hydrogens is 331 g/mol. The van der Waals surface area contributed by atoms with E-state index in [0.717, 1.165) is 16.6 Å². The molecule has 0 saturated carbocycles. The third kappa shape index (κ3) is 84.2. The molecule has 40 valence electrons. The Bertz CT molecular complexity index is 108. The Morgan fingerprint density at radius 1 is 1.25 bits per heavy atom. The van der Waals surface area contributed by atoms with Crippen LogP contribution in [0.5, 0.6) is 0 Å². The zero-order chi connectivity index (χ0) is 6.50. The molecule has 0 fully saturated rings. The quantitative estimate of drug-likeness (QED) is 0.321. The SMILES string of the molecule is O=S(=O)([O-])[O-].[Ba+2].[S]=[Zn]. The average Bonchev–Trinajstić information content (AvgIpc) is 1.36. The molecule has 0 N–H and O–H groups in total. The first-order chi connectivity index (χ1) is 3.00. The minimum absolute atomic E-state index is 0. The molecule has 0 atom stereocenters. The molecule has 0 aromatic carbocycles. The van der Waals surface area contributed by atoms with Gasteiger partial charge in [0.05, 0.1) is 0 Å². The monoisotopic (exact) mass is 330 g/mol. The van der Waals surface area contributed by atoms with Gasteiger partial charge in [0.25, 0.3) is 0 Å². The fraction of sp³-hybridized carbons (Fsp3) is 0. The van der Waals surface area contributed by atoms with E-state index in [0.29, 0.717) is 0 Å².